The van der Waals surface area contributed by atoms with Crippen LogP contribution in [-0.2, 0) is 18.4 Å². The van der Waals surface area contributed by atoms with Crippen LogP contribution in [0.1, 0.15) is 22.8 Å². The van der Waals surface area contributed by atoms with E-state index in [1.54, 1.807) is 6.92 Å². The summed E-state index contributed by atoms with van der Waals surface area (Å²) in [5, 5.41) is 13.8. The van der Waals surface area contributed by atoms with Gasteiger partial charge < -0.3 is 10.4 Å². The number of carboxylic acid groups (broad SMARTS) is 1. The van der Waals surface area contributed by atoms with Crippen LogP contribution in [-0.4, -0.2) is 37.8 Å². The van der Waals surface area contributed by atoms with Crippen molar-refractivity contribution in [3.05, 3.63) is 70.0 Å². The first kappa shape index (κ1) is 22.0. The van der Waals surface area contributed by atoms with Gasteiger partial charge >= 0.3 is 12.0 Å². The highest BCUT2D eigenvalue weighted by Crippen LogP contribution is 2.22. The number of rotatable bonds is 6. The summed E-state index contributed by atoms with van der Waals surface area (Å²) in [6.45, 7) is 1.85. The number of imide groups is 1. The molecule has 0 fully saturated rings. The lowest BCUT2D eigenvalue weighted by Gasteiger charge is -2.14. The highest BCUT2D eigenvalue weighted by molar-refractivity contribution is 8.00. The van der Waals surface area contributed by atoms with Crippen molar-refractivity contribution < 1.29 is 19.5 Å². The molecule has 1 atom stereocenters. The Labute approximate surface area is 181 Å². The number of hydrogen-bond donors (Lipinski definition) is 3. The van der Waals surface area contributed by atoms with Crippen LogP contribution in [0.3, 0.4) is 0 Å². The summed E-state index contributed by atoms with van der Waals surface area (Å²) in [6.07, 6.45) is 0. The Hall–Kier alpha value is -3.66. The first-order valence-electron chi connectivity index (χ1n) is 9.29. The first-order chi connectivity index (χ1) is 14.8. The second-order valence-electron chi connectivity index (χ2n) is 6.71. The van der Waals surface area contributed by atoms with Crippen molar-refractivity contribution in [2.24, 2.45) is 7.05 Å². The minimum absolute atomic E-state index is 0.00471. The van der Waals surface area contributed by atoms with Crippen LogP contribution in [0.25, 0.3) is 10.9 Å². The maximum absolute atomic E-state index is 12.6. The number of fused-ring (bicyclic) bond motifs is 1. The second kappa shape index (κ2) is 9.43. The lowest BCUT2D eigenvalue weighted by molar-refractivity contribution is -0.119. The van der Waals surface area contributed by atoms with Gasteiger partial charge in [-0.25, -0.2) is 14.6 Å². The summed E-state index contributed by atoms with van der Waals surface area (Å²) in [4.78, 5) is 52.5. The van der Waals surface area contributed by atoms with E-state index in [0.29, 0.717) is 0 Å². The number of nitrogens with one attached hydrogen (secondary N) is 2. The van der Waals surface area contributed by atoms with Crippen LogP contribution in [0, 0.1) is 0 Å². The van der Waals surface area contributed by atoms with Gasteiger partial charge in [0.2, 0.25) is 5.91 Å². The standard InChI is InChI=1S/C21H20N4O5S/c1-12(17(26)24-20(30)22-11-13-6-4-3-5-7-13)31-21-23-16-10-14(19(28)29)8-9-15(16)18(27)25(21)2/h3-10,12H,11H2,1-2H3,(H,28,29)(H2,22,24,26,30)/t12-/m0/s1. The van der Waals surface area contributed by atoms with Gasteiger partial charge in [0.25, 0.3) is 5.56 Å². The highest BCUT2D eigenvalue weighted by atomic mass is 32.2. The van der Waals surface area contributed by atoms with Gasteiger partial charge in [0.05, 0.1) is 21.7 Å². The minimum Gasteiger partial charge on any atom is -0.478 e. The Morgan fingerprint density at radius 3 is 2.55 bits per heavy atom. The largest absolute Gasteiger partial charge is 0.478 e. The Morgan fingerprint density at radius 1 is 1.16 bits per heavy atom. The summed E-state index contributed by atoms with van der Waals surface area (Å²) in [5.41, 5.74) is 0.755. The first-order valence-corrected chi connectivity index (χ1v) is 10.2. The van der Waals surface area contributed by atoms with E-state index < -0.39 is 23.2 Å². The van der Waals surface area contributed by atoms with Crippen molar-refractivity contribution in [3.63, 3.8) is 0 Å². The van der Waals surface area contributed by atoms with E-state index in [1.807, 2.05) is 30.3 Å². The van der Waals surface area contributed by atoms with E-state index >= 15 is 0 Å². The molecule has 0 bridgehead atoms. The van der Waals surface area contributed by atoms with Crippen molar-refractivity contribution in [1.29, 1.82) is 0 Å². The molecule has 1 heterocycles. The molecular weight excluding hydrogens is 420 g/mol. The molecule has 0 aliphatic heterocycles. The van der Waals surface area contributed by atoms with Crippen LogP contribution in [0.4, 0.5) is 4.79 Å². The summed E-state index contributed by atoms with van der Waals surface area (Å²) < 4.78 is 1.28. The number of aromatic nitrogens is 2. The molecule has 3 aromatic rings. The van der Waals surface area contributed by atoms with Crippen LogP contribution in [0.5, 0.6) is 0 Å². The van der Waals surface area contributed by atoms with Crippen molar-refractivity contribution in [2.45, 2.75) is 23.9 Å². The number of carbonyl (C=O) groups excluding carboxylic acids is 2. The fourth-order valence-corrected chi connectivity index (χ4v) is 3.61. The smallest absolute Gasteiger partial charge is 0.335 e. The number of benzene rings is 2. The number of thioether (sulfide) groups is 1. The molecule has 0 unspecified atom stereocenters. The van der Waals surface area contributed by atoms with Gasteiger partial charge in [0.1, 0.15) is 0 Å². The molecule has 0 aliphatic carbocycles. The number of amides is 3. The monoisotopic (exact) mass is 440 g/mol. The minimum atomic E-state index is -1.13. The number of urea groups is 1. The van der Waals surface area contributed by atoms with Crippen LogP contribution >= 0.6 is 11.8 Å². The van der Waals surface area contributed by atoms with Gasteiger partial charge in [-0.1, -0.05) is 42.1 Å². The van der Waals surface area contributed by atoms with Crippen molar-refractivity contribution in [1.82, 2.24) is 20.2 Å². The van der Waals surface area contributed by atoms with E-state index in [1.165, 1.54) is 29.8 Å². The van der Waals surface area contributed by atoms with Gasteiger partial charge in [-0.05, 0) is 30.7 Å². The fraction of sp³-hybridized carbons (Fsp3) is 0.190. The van der Waals surface area contributed by atoms with E-state index in [0.717, 1.165) is 17.3 Å². The van der Waals surface area contributed by atoms with Crippen LogP contribution < -0.4 is 16.2 Å². The number of carboxylic acids is 1. The molecular formula is C21H20N4O5S. The summed E-state index contributed by atoms with van der Waals surface area (Å²) in [6, 6.07) is 12.7. The van der Waals surface area contributed by atoms with E-state index in [4.69, 9.17) is 5.11 Å². The average Bonchev–Trinajstić information content (AvgIpc) is 2.76. The molecule has 3 rings (SSSR count). The van der Waals surface area contributed by atoms with Crippen LogP contribution in [0.15, 0.2) is 58.5 Å². The van der Waals surface area contributed by atoms with Crippen LogP contribution in [0.2, 0.25) is 0 Å². The van der Waals surface area contributed by atoms with E-state index in [9.17, 15) is 19.2 Å². The van der Waals surface area contributed by atoms with E-state index in [-0.39, 0.29) is 33.7 Å². The van der Waals surface area contributed by atoms with Gasteiger partial charge in [-0.2, -0.15) is 0 Å². The van der Waals surface area contributed by atoms with Crippen molar-refractivity contribution >= 4 is 40.6 Å². The lowest BCUT2D eigenvalue weighted by Crippen LogP contribution is -2.42. The van der Waals surface area contributed by atoms with Gasteiger partial charge in [0.15, 0.2) is 5.16 Å². The second-order valence-corrected chi connectivity index (χ2v) is 8.02. The summed E-state index contributed by atoms with van der Waals surface area (Å²) in [5.74, 6) is -1.68. The fourth-order valence-electron chi connectivity index (χ4n) is 2.74. The Bertz CT molecular complexity index is 1210. The maximum Gasteiger partial charge on any atom is 0.335 e. The summed E-state index contributed by atoms with van der Waals surface area (Å²) >= 11 is 0.990. The Balaban J connectivity index is 1.69. The van der Waals surface area contributed by atoms with Gasteiger partial charge in [-0.3, -0.25) is 19.5 Å². The van der Waals surface area contributed by atoms with E-state index in [2.05, 4.69) is 15.6 Å². The third kappa shape index (κ3) is 5.28. The quantitative estimate of drug-likeness (QED) is 0.395. The predicted octanol–water partition coefficient (Wildman–Crippen LogP) is 2.14. The Kier molecular flexibility index (Phi) is 6.71. The van der Waals surface area contributed by atoms with Crippen molar-refractivity contribution in [2.75, 3.05) is 0 Å². The molecule has 0 saturated carbocycles. The molecule has 3 N–H and O–H groups in total. The number of nitrogens with zero attached hydrogens (tertiary/aromatic N) is 2. The summed E-state index contributed by atoms with van der Waals surface area (Å²) in [7, 11) is 1.51. The molecule has 160 valence electrons. The number of carbonyl (C=O) groups is 3. The molecule has 1 aromatic heterocycles. The maximum atomic E-state index is 12.6. The van der Waals surface area contributed by atoms with Gasteiger partial charge in [0, 0.05) is 13.6 Å². The molecule has 0 spiro atoms. The normalized spacial score (nSPS) is 11.7. The third-order valence-electron chi connectivity index (χ3n) is 4.47. The molecule has 2 aromatic carbocycles. The zero-order valence-corrected chi connectivity index (χ0v) is 17.6. The molecule has 10 heteroatoms. The molecule has 31 heavy (non-hydrogen) atoms. The lowest BCUT2D eigenvalue weighted by atomic mass is 10.1. The molecule has 0 radical (unpaired) electrons. The molecule has 9 nitrogen and oxygen atoms in total. The molecule has 0 aliphatic rings. The zero-order chi connectivity index (χ0) is 22.5. The highest BCUT2D eigenvalue weighted by Gasteiger charge is 2.20. The average molecular weight is 440 g/mol. The number of aromatic carboxylic acids is 1. The zero-order valence-electron chi connectivity index (χ0n) is 16.8. The Morgan fingerprint density at radius 2 is 1.87 bits per heavy atom. The number of hydrogen-bond acceptors (Lipinski definition) is 6. The molecule has 0 saturated heterocycles. The van der Waals surface area contributed by atoms with Gasteiger partial charge in [-0.15, -0.1) is 0 Å². The SMILES string of the molecule is C[C@H](Sc1nc2cc(C(=O)O)ccc2c(=O)n1C)C(=O)NC(=O)NCc1ccccc1. The molecule has 3 amide bonds. The predicted molar refractivity (Wildman–Crippen MR) is 116 cm³/mol. The topological polar surface area (TPSA) is 130 Å². The van der Waals surface area contributed by atoms with Crippen molar-refractivity contribution in [3.8, 4) is 0 Å². The third-order valence-corrected chi connectivity index (χ3v) is 5.61.